The average Bonchev–Trinajstić information content (AvgIpc) is 2.98. The first kappa shape index (κ1) is 15.7. The Bertz CT molecular complexity index is 553. The molecule has 112 valence electrons. The van der Waals surface area contributed by atoms with E-state index in [4.69, 9.17) is 0 Å². The minimum Gasteiger partial charge on any atom is -0.481 e. The summed E-state index contributed by atoms with van der Waals surface area (Å²) in [6.07, 6.45) is 0.954. The molecule has 4 heteroatoms. The molecule has 0 saturated heterocycles. The predicted molar refractivity (Wildman–Crippen MR) is 86.9 cm³/mol. The molecule has 1 aromatic heterocycles. The van der Waals surface area contributed by atoms with Crippen molar-refractivity contribution < 1.29 is 9.90 Å². The highest BCUT2D eigenvalue weighted by atomic mass is 32.1. The lowest BCUT2D eigenvalue weighted by Gasteiger charge is -2.27. The lowest BCUT2D eigenvalue weighted by Crippen LogP contribution is -2.36. The van der Waals surface area contributed by atoms with Gasteiger partial charge in [0.05, 0.1) is 5.92 Å². The van der Waals surface area contributed by atoms with Crippen LogP contribution in [0.4, 0.5) is 0 Å². The van der Waals surface area contributed by atoms with Gasteiger partial charge in [-0.3, -0.25) is 4.79 Å². The fourth-order valence-electron chi connectivity index (χ4n) is 2.36. The Hall–Kier alpha value is -1.65. The summed E-state index contributed by atoms with van der Waals surface area (Å²) in [5.41, 5.74) is 0.861. The number of carboxylic acid groups (broad SMARTS) is 1. The summed E-state index contributed by atoms with van der Waals surface area (Å²) in [6.45, 7) is 2.66. The van der Waals surface area contributed by atoms with Crippen LogP contribution in [0.3, 0.4) is 0 Å². The fraction of sp³-hybridized carbons (Fsp3) is 0.353. The van der Waals surface area contributed by atoms with Crippen molar-refractivity contribution in [3.05, 3.63) is 58.3 Å². The summed E-state index contributed by atoms with van der Waals surface area (Å²) in [7, 11) is 2.00. The monoisotopic (exact) mass is 303 g/mol. The molecule has 0 aliphatic carbocycles. The third-order valence-corrected chi connectivity index (χ3v) is 4.70. The lowest BCUT2D eigenvalue weighted by atomic mass is 9.98. The molecule has 2 aromatic rings. The summed E-state index contributed by atoms with van der Waals surface area (Å²) in [6, 6.07) is 13.9. The quantitative estimate of drug-likeness (QED) is 0.851. The van der Waals surface area contributed by atoms with Crippen molar-refractivity contribution in [1.82, 2.24) is 4.90 Å². The largest absolute Gasteiger partial charge is 0.481 e. The average molecular weight is 303 g/mol. The smallest absolute Gasteiger partial charge is 0.312 e. The van der Waals surface area contributed by atoms with Gasteiger partial charge in [-0.05, 0) is 37.4 Å². The van der Waals surface area contributed by atoms with Crippen LogP contribution in [0, 0.1) is 0 Å². The van der Waals surface area contributed by atoms with Crippen molar-refractivity contribution in [2.24, 2.45) is 0 Å². The van der Waals surface area contributed by atoms with E-state index >= 15 is 0 Å². The molecular weight excluding hydrogens is 282 g/mol. The minimum absolute atomic E-state index is 0.314. The third-order valence-electron chi connectivity index (χ3n) is 3.80. The number of hydrogen-bond donors (Lipinski definition) is 1. The molecule has 0 aliphatic rings. The number of likely N-dealkylation sites (N-methyl/N-ethyl adjacent to an activating group) is 1. The molecule has 3 nitrogen and oxygen atoms in total. The van der Waals surface area contributed by atoms with Crippen LogP contribution in [0.15, 0.2) is 47.8 Å². The summed E-state index contributed by atoms with van der Waals surface area (Å²) < 4.78 is 0. The molecule has 0 fully saturated rings. The van der Waals surface area contributed by atoms with Gasteiger partial charge in [-0.25, -0.2) is 0 Å². The number of carboxylic acids is 1. The van der Waals surface area contributed by atoms with E-state index in [1.54, 1.807) is 11.3 Å². The van der Waals surface area contributed by atoms with Gasteiger partial charge in [0.1, 0.15) is 0 Å². The molecule has 0 aliphatic heterocycles. The Morgan fingerprint density at radius 2 is 1.95 bits per heavy atom. The molecule has 0 amide bonds. The van der Waals surface area contributed by atoms with Crippen molar-refractivity contribution in [2.45, 2.75) is 25.3 Å². The first-order chi connectivity index (χ1) is 10.1. The summed E-state index contributed by atoms with van der Waals surface area (Å²) in [5.74, 6) is -1.25. The molecular formula is C17H21NO2S. The molecule has 0 saturated carbocycles. The van der Waals surface area contributed by atoms with Crippen LogP contribution in [0.2, 0.25) is 0 Å². The van der Waals surface area contributed by atoms with E-state index in [-0.39, 0.29) is 0 Å². The van der Waals surface area contributed by atoms with Gasteiger partial charge >= 0.3 is 5.97 Å². The van der Waals surface area contributed by atoms with Crippen LogP contribution in [-0.4, -0.2) is 35.6 Å². The van der Waals surface area contributed by atoms with Crippen LogP contribution < -0.4 is 0 Å². The van der Waals surface area contributed by atoms with Crippen molar-refractivity contribution in [2.75, 3.05) is 13.6 Å². The Balaban J connectivity index is 2.01. The topological polar surface area (TPSA) is 40.5 Å². The summed E-state index contributed by atoms with van der Waals surface area (Å²) >= 11 is 1.75. The number of carbonyl (C=O) groups is 1. The first-order valence-corrected chi connectivity index (χ1v) is 7.96. The molecule has 21 heavy (non-hydrogen) atoms. The normalized spacial score (nSPS) is 14.0. The van der Waals surface area contributed by atoms with Gasteiger partial charge in [-0.1, -0.05) is 36.4 Å². The molecule has 1 aromatic carbocycles. The zero-order valence-corrected chi connectivity index (χ0v) is 13.2. The van der Waals surface area contributed by atoms with Crippen LogP contribution in [-0.2, 0) is 11.2 Å². The van der Waals surface area contributed by atoms with Gasteiger partial charge < -0.3 is 10.0 Å². The van der Waals surface area contributed by atoms with Gasteiger partial charge in [0.2, 0.25) is 0 Å². The van der Waals surface area contributed by atoms with E-state index < -0.39 is 11.9 Å². The maximum Gasteiger partial charge on any atom is 0.312 e. The fourth-order valence-corrected chi connectivity index (χ4v) is 3.18. The first-order valence-electron chi connectivity index (χ1n) is 7.08. The van der Waals surface area contributed by atoms with Gasteiger partial charge in [0, 0.05) is 17.5 Å². The maximum atomic E-state index is 11.6. The van der Waals surface area contributed by atoms with E-state index in [1.807, 2.05) is 37.4 Å². The SMILES string of the molecule is CC(Cc1cccs1)N(C)CC(C(=O)O)c1ccccc1. The zero-order valence-electron chi connectivity index (χ0n) is 12.4. The molecule has 2 rings (SSSR count). The zero-order chi connectivity index (χ0) is 15.2. The van der Waals surface area contributed by atoms with Gasteiger partial charge in [-0.2, -0.15) is 0 Å². The highest BCUT2D eigenvalue weighted by Crippen LogP contribution is 2.20. The molecule has 0 bridgehead atoms. The Kier molecular flexibility index (Phi) is 5.53. The Labute approximate surface area is 129 Å². The second-order valence-corrected chi connectivity index (χ2v) is 6.41. The van der Waals surface area contributed by atoms with E-state index in [0.717, 1.165) is 12.0 Å². The van der Waals surface area contributed by atoms with Gasteiger partial charge in [-0.15, -0.1) is 11.3 Å². The Morgan fingerprint density at radius 1 is 1.24 bits per heavy atom. The summed E-state index contributed by atoms with van der Waals surface area (Å²) in [5, 5.41) is 11.6. The van der Waals surface area contributed by atoms with E-state index in [9.17, 15) is 9.90 Å². The van der Waals surface area contributed by atoms with E-state index in [1.165, 1.54) is 4.88 Å². The second kappa shape index (κ2) is 7.38. The van der Waals surface area contributed by atoms with Gasteiger partial charge in [0.15, 0.2) is 0 Å². The second-order valence-electron chi connectivity index (χ2n) is 5.37. The van der Waals surface area contributed by atoms with E-state index in [2.05, 4.69) is 29.3 Å². The van der Waals surface area contributed by atoms with Crippen LogP contribution in [0.5, 0.6) is 0 Å². The van der Waals surface area contributed by atoms with Crippen molar-refractivity contribution >= 4 is 17.3 Å². The number of benzene rings is 1. The number of aliphatic carboxylic acids is 1. The van der Waals surface area contributed by atoms with Crippen molar-refractivity contribution in [1.29, 1.82) is 0 Å². The molecule has 1 heterocycles. The number of nitrogens with zero attached hydrogens (tertiary/aromatic N) is 1. The van der Waals surface area contributed by atoms with Crippen LogP contribution in [0.1, 0.15) is 23.3 Å². The number of rotatable bonds is 7. The number of thiophene rings is 1. The molecule has 0 spiro atoms. The lowest BCUT2D eigenvalue weighted by molar-refractivity contribution is -0.139. The summed E-state index contributed by atoms with van der Waals surface area (Å²) in [4.78, 5) is 15.0. The Morgan fingerprint density at radius 3 is 2.52 bits per heavy atom. The maximum absolute atomic E-state index is 11.6. The number of hydrogen-bond acceptors (Lipinski definition) is 3. The highest BCUT2D eigenvalue weighted by Gasteiger charge is 2.23. The third kappa shape index (κ3) is 4.41. The van der Waals surface area contributed by atoms with E-state index in [0.29, 0.717) is 12.6 Å². The minimum atomic E-state index is -0.767. The molecule has 2 atom stereocenters. The molecule has 1 N–H and O–H groups in total. The van der Waals surface area contributed by atoms with Crippen LogP contribution in [0.25, 0.3) is 0 Å². The standard InChI is InChI=1S/C17H21NO2S/c1-13(11-15-9-6-10-21-15)18(2)12-16(17(19)20)14-7-4-3-5-8-14/h3-10,13,16H,11-12H2,1-2H3,(H,19,20). The highest BCUT2D eigenvalue weighted by molar-refractivity contribution is 7.09. The van der Waals surface area contributed by atoms with Gasteiger partial charge in [0.25, 0.3) is 0 Å². The van der Waals surface area contributed by atoms with Crippen LogP contribution >= 0.6 is 11.3 Å². The molecule has 0 radical (unpaired) electrons. The molecule has 2 unspecified atom stereocenters. The van der Waals surface area contributed by atoms with Crippen molar-refractivity contribution in [3.8, 4) is 0 Å². The van der Waals surface area contributed by atoms with Crippen molar-refractivity contribution in [3.63, 3.8) is 0 Å². The predicted octanol–water partition coefficient (Wildman–Crippen LogP) is 3.48.